The fourth-order valence-electron chi connectivity index (χ4n) is 1.65. The first-order valence-electron chi connectivity index (χ1n) is 5.27. The topological polar surface area (TPSA) is 56.7 Å². The highest BCUT2D eigenvalue weighted by atomic mass is 35.5. The number of benzene rings is 1. The zero-order chi connectivity index (χ0) is 13.1. The molecule has 0 atom stereocenters. The molecule has 1 heterocycles. The Morgan fingerprint density at radius 2 is 2.06 bits per heavy atom. The van der Waals surface area contributed by atoms with Crippen LogP contribution in [0.5, 0.6) is 0 Å². The van der Waals surface area contributed by atoms with Gasteiger partial charge in [0.25, 0.3) is 6.43 Å². The second-order valence-corrected chi connectivity index (χ2v) is 4.08. The lowest BCUT2D eigenvalue weighted by molar-refractivity contribution is 0.138. The third kappa shape index (κ3) is 2.49. The quantitative estimate of drug-likeness (QED) is 0.930. The molecule has 0 aliphatic carbocycles. The normalized spacial score (nSPS) is 11.2. The lowest BCUT2D eigenvalue weighted by Gasteiger charge is -2.08. The molecule has 0 unspecified atom stereocenters. The van der Waals surface area contributed by atoms with E-state index in [0.29, 0.717) is 10.6 Å². The highest BCUT2D eigenvalue weighted by Crippen LogP contribution is 2.23. The summed E-state index contributed by atoms with van der Waals surface area (Å²) in [5.41, 5.74) is 5.91. The maximum atomic E-state index is 12.9. The third-order valence-electron chi connectivity index (χ3n) is 2.53. The smallest absolute Gasteiger partial charge is 0.281 e. The van der Waals surface area contributed by atoms with Gasteiger partial charge in [0, 0.05) is 11.6 Å². The van der Waals surface area contributed by atoms with Gasteiger partial charge in [0.1, 0.15) is 11.4 Å². The van der Waals surface area contributed by atoms with E-state index < -0.39 is 6.43 Å². The van der Waals surface area contributed by atoms with Crippen molar-refractivity contribution in [2.45, 2.75) is 19.5 Å². The Hall–Kier alpha value is -1.53. The molecule has 4 nitrogen and oxygen atoms in total. The van der Waals surface area contributed by atoms with Crippen LogP contribution in [0.3, 0.4) is 0 Å². The van der Waals surface area contributed by atoms with E-state index in [4.69, 9.17) is 17.3 Å². The van der Waals surface area contributed by atoms with Gasteiger partial charge in [-0.1, -0.05) is 35.0 Å². The molecule has 0 bridgehead atoms. The summed E-state index contributed by atoms with van der Waals surface area (Å²) in [6, 6.07) is 7.00. The van der Waals surface area contributed by atoms with Gasteiger partial charge in [-0.3, -0.25) is 0 Å². The largest absolute Gasteiger partial charge is 0.325 e. The molecule has 0 spiro atoms. The summed E-state index contributed by atoms with van der Waals surface area (Å²) in [4.78, 5) is 0. The predicted molar refractivity (Wildman–Crippen MR) is 63.4 cm³/mol. The second kappa shape index (κ2) is 5.41. The van der Waals surface area contributed by atoms with E-state index in [1.165, 1.54) is 0 Å². The minimum Gasteiger partial charge on any atom is -0.325 e. The molecule has 2 rings (SSSR count). The molecule has 1 aromatic heterocycles. The van der Waals surface area contributed by atoms with Crippen molar-refractivity contribution in [1.29, 1.82) is 0 Å². The van der Waals surface area contributed by atoms with Gasteiger partial charge in [0.15, 0.2) is 0 Å². The highest BCUT2D eigenvalue weighted by molar-refractivity contribution is 6.31. The Kier molecular flexibility index (Phi) is 3.88. The Morgan fingerprint density at radius 3 is 2.67 bits per heavy atom. The van der Waals surface area contributed by atoms with E-state index in [1.54, 1.807) is 24.3 Å². The summed E-state index contributed by atoms with van der Waals surface area (Å²) in [6.07, 6.45) is -2.67. The number of nitrogens with two attached hydrogens (primary N) is 1. The summed E-state index contributed by atoms with van der Waals surface area (Å²) in [6.45, 7) is 0.0779. The molecule has 18 heavy (non-hydrogen) atoms. The van der Waals surface area contributed by atoms with Gasteiger partial charge >= 0.3 is 0 Å². The molecular formula is C11H11ClF2N4. The Balaban J connectivity index is 2.35. The van der Waals surface area contributed by atoms with E-state index >= 15 is 0 Å². The van der Waals surface area contributed by atoms with Crippen LogP contribution in [0.1, 0.15) is 23.4 Å². The van der Waals surface area contributed by atoms with E-state index in [0.717, 1.165) is 4.68 Å². The van der Waals surface area contributed by atoms with Crippen LogP contribution in [-0.2, 0) is 13.1 Å². The number of nitrogens with zero attached hydrogens (tertiary/aromatic N) is 3. The second-order valence-electron chi connectivity index (χ2n) is 3.68. The molecule has 0 fully saturated rings. The van der Waals surface area contributed by atoms with E-state index in [9.17, 15) is 8.78 Å². The number of alkyl halides is 2. The van der Waals surface area contributed by atoms with Crippen LogP contribution < -0.4 is 5.73 Å². The third-order valence-corrected chi connectivity index (χ3v) is 2.89. The molecule has 0 aliphatic rings. The average molecular weight is 273 g/mol. The maximum Gasteiger partial charge on any atom is 0.281 e. The average Bonchev–Trinajstić information content (AvgIpc) is 2.75. The lowest BCUT2D eigenvalue weighted by atomic mass is 10.2. The first-order chi connectivity index (χ1) is 8.63. The molecule has 0 radical (unpaired) electrons. The molecule has 0 aliphatic heterocycles. The zero-order valence-corrected chi connectivity index (χ0v) is 10.1. The van der Waals surface area contributed by atoms with Crippen LogP contribution in [0.2, 0.25) is 5.02 Å². The summed E-state index contributed by atoms with van der Waals surface area (Å²) in [5.74, 6) is 0. The molecular weight excluding hydrogens is 262 g/mol. The first kappa shape index (κ1) is 12.9. The number of rotatable bonds is 4. The van der Waals surface area contributed by atoms with Gasteiger partial charge < -0.3 is 5.73 Å². The fraction of sp³-hybridized carbons (Fsp3) is 0.273. The van der Waals surface area contributed by atoms with Crippen molar-refractivity contribution in [2.75, 3.05) is 0 Å². The van der Waals surface area contributed by atoms with Crippen LogP contribution >= 0.6 is 11.6 Å². The maximum absolute atomic E-state index is 12.9. The number of hydrogen-bond donors (Lipinski definition) is 1. The SMILES string of the molecule is NCc1nnn(Cc2ccccc2Cl)c1C(F)F. The van der Waals surface area contributed by atoms with Gasteiger partial charge in [-0.2, -0.15) is 0 Å². The standard InChI is InChI=1S/C11H11ClF2N4/c12-8-4-2-1-3-7(8)6-18-10(11(13)14)9(5-15)16-17-18/h1-4,11H,5-6,15H2. The molecule has 7 heteroatoms. The van der Waals surface area contributed by atoms with Gasteiger partial charge in [-0.25, -0.2) is 13.5 Å². The van der Waals surface area contributed by atoms with Crippen LogP contribution in [0.4, 0.5) is 8.78 Å². The molecule has 96 valence electrons. The summed E-state index contributed by atoms with van der Waals surface area (Å²) >= 11 is 5.97. The summed E-state index contributed by atoms with van der Waals surface area (Å²) < 4.78 is 27.0. The van der Waals surface area contributed by atoms with Crippen molar-refractivity contribution in [3.8, 4) is 0 Å². The van der Waals surface area contributed by atoms with Crippen molar-refractivity contribution in [2.24, 2.45) is 5.73 Å². The van der Waals surface area contributed by atoms with E-state index in [-0.39, 0.29) is 24.5 Å². The molecule has 2 aromatic rings. The number of halogens is 3. The van der Waals surface area contributed by atoms with Crippen molar-refractivity contribution in [3.63, 3.8) is 0 Å². The predicted octanol–water partition coefficient (Wildman–Crippen LogP) is 2.38. The molecule has 1 aromatic carbocycles. The van der Waals surface area contributed by atoms with Crippen LogP contribution in [-0.4, -0.2) is 15.0 Å². The number of aromatic nitrogens is 3. The van der Waals surface area contributed by atoms with E-state index in [2.05, 4.69) is 10.3 Å². The van der Waals surface area contributed by atoms with Gasteiger partial charge in [-0.15, -0.1) is 5.10 Å². The van der Waals surface area contributed by atoms with Gasteiger partial charge in [0.2, 0.25) is 0 Å². The van der Waals surface area contributed by atoms with E-state index in [1.807, 2.05) is 0 Å². The molecule has 0 saturated carbocycles. The molecule has 0 saturated heterocycles. The Bertz CT molecular complexity index is 542. The van der Waals surface area contributed by atoms with Gasteiger partial charge in [-0.05, 0) is 11.6 Å². The minimum atomic E-state index is -2.67. The molecule has 0 amide bonds. The fourth-order valence-corrected chi connectivity index (χ4v) is 1.84. The summed E-state index contributed by atoms with van der Waals surface area (Å²) in [7, 11) is 0. The summed E-state index contributed by atoms with van der Waals surface area (Å²) in [5, 5.41) is 7.84. The monoisotopic (exact) mass is 272 g/mol. The van der Waals surface area contributed by atoms with Crippen LogP contribution in [0.15, 0.2) is 24.3 Å². The first-order valence-corrected chi connectivity index (χ1v) is 5.65. The number of hydrogen-bond acceptors (Lipinski definition) is 3. The highest BCUT2D eigenvalue weighted by Gasteiger charge is 2.21. The van der Waals surface area contributed by atoms with Crippen molar-refractivity contribution < 1.29 is 8.78 Å². The zero-order valence-electron chi connectivity index (χ0n) is 9.35. The molecule has 2 N–H and O–H groups in total. The minimum absolute atomic E-state index is 0.0673. The Morgan fingerprint density at radius 1 is 1.33 bits per heavy atom. The van der Waals surface area contributed by atoms with Crippen molar-refractivity contribution >= 4 is 11.6 Å². The van der Waals surface area contributed by atoms with Crippen LogP contribution in [0, 0.1) is 0 Å². The van der Waals surface area contributed by atoms with Crippen molar-refractivity contribution in [3.05, 3.63) is 46.2 Å². The lowest BCUT2D eigenvalue weighted by Crippen LogP contribution is -2.09. The van der Waals surface area contributed by atoms with Gasteiger partial charge in [0.05, 0.1) is 6.54 Å². The Labute approximate surface area is 107 Å². The van der Waals surface area contributed by atoms with Crippen LogP contribution in [0.25, 0.3) is 0 Å². The van der Waals surface area contributed by atoms with Crippen molar-refractivity contribution in [1.82, 2.24) is 15.0 Å².